The van der Waals surface area contributed by atoms with Crippen LogP contribution in [0.15, 0.2) is 66.7 Å². The normalized spacial score (nSPS) is 10.5. The van der Waals surface area contributed by atoms with Crippen molar-refractivity contribution in [3.05, 3.63) is 93.8 Å². The molecule has 0 fully saturated rings. The summed E-state index contributed by atoms with van der Waals surface area (Å²) in [6.07, 6.45) is 0. The lowest BCUT2D eigenvalue weighted by molar-refractivity contribution is -0.384. The van der Waals surface area contributed by atoms with Gasteiger partial charge >= 0.3 is 0 Å². The van der Waals surface area contributed by atoms with Crippen molar-refractivity contribution < 1.29 is 9.31 Å². The second kappa shape index (κ2) is 7.13. The molecule has 4 nitrogen and oxygen atoms in total. The average molecular weight is 336 g/mol. The molecule has 1 N–H and O–H groups in total. The van der Waals surface area contributed by atoms with Crippen LogP contribution in [0, 0.1) is 22.9 Å². The monoisotopic (exact) mass is 336 g/mol. The van der Waals surface area contributed by atoms with Crippen molar-refractivity contribution in [3.63, 3.8) is 0 Å². The van der Waals surface area contributed by atoms with Gasteiger partial charge in [0, 0.05) is 29.9 Å². The Morgan fingerprint density at radius 2 is 1.76 bits per heavy atom. The summed E-state index contributed by atoms with van der Waals surface area (Å²) in [5, 5.41) is 14.0. The summed E-state index contributed by atoms with van der Waals surface area (Å²) in [4.78, 5) is 10.3. The number of non-ortho nitro benzene ring substituents is 1. The molecule has 0 saturated carbocycles. The number of aryl methyl sites for hydroxylation is 1. The number of nitro benzene ring substituents is 1. The van der Waals surface area contributed by atoms with E-state index in [1.54, 1.807) is 24.3 Å². The minimum Gasteiger partial charge on any atom is -0.381 e. The van der Waals surface area contributed by atoms with Gasteiger partial charge in [-0.05, 0) is 41.8 Å². The van der Waals surface area contributed by atoms with Crippen molar-refractivity contribution in [2.45, 2.75) is 13.5 Å². The van der Waals surface area contributed by atoms with Gasteiger partial charge in [0.1, 0.15) is 5.82 Å². The molecule has 0 aliphatic heterocycles. The van der Waals surface area contributed by atoms with E-state index in [2.05, 4.69) is 5.32 Å². The number of hydrogen-bond donors (Lipinski definition) is 1. The van der Waals surface area contributed by atoms with Crippen LogP contribution in [0.2, 0.25) is 0 Å². The molecule has 0 bridgehead atoms. The van der Waals surface area contributed by atoms with Gasteiger partial charge in [0.25, 0.3) is 5.69 Å². The maximum absolute atomic E-state index is 14.0. The number of anilines is 1. The highest BCUT2D eigenvalue weighted by atomic mass is 19.1. The minimum atomic E-state index is -0.418. The van der Waals surface area contributed by atoms with Gasteiger partial charge in [-0.2, -0.15) is 0 Å². The minimum absolute atomic E-state index is 0.0705. The molecule has 0 aromatic heterocycles. The summed E-state index contributed by atoms with van der Waals surface area (Å²) >= 11 is 0. The Labute approximate surface area is 145 Å². The van der Waals surface area contributed by atoms with E-state index in [0.29, 0.717) is 12.1 Å². The summed E-state index contributed by atoms with van der Waals surface area (Å²) in [5.74, 6) is -0.255. The summed E-state index contributed by atoms with van der Waals surface area (Å²) in [7, 11) is 0. The van der Waals surface area contributed by atoms with E-state index in [0.717, 1.165) is 22.4 Å². The number of rotatable bonds is 5. The van der Waals surface area contributed by atoms with Crippen molar-refractivity contribution in [2.75, 3.05) is 5.32 Å². The lowest BCUT2D eigenvalue weighted by atomic mass is 10.0. The fourth-order valence-corrected chi connectivity index (χ4v) is 2.68. The van der Waals surface area contributed by atoms with E-state index in [-0.39, 0.29) is 11.5 Å². The van der Waals surface area contributed by atoms with Gasteiger partial charge in [0.05, 0.1) is 4.92 Å². The highest BCUT2D eigenvalue weighted by Crippen LogP contribution is 2.27. The zero-order chi connectivity index (χ0) is 17.8. The zero-order valence-electron chi connectivity index (χ0n) is 13.7. The summed E-state index contributed by atoms with van der Waals surface area (Å²) in [5.41, 5.74) is 4.26. The highest BCUT2D eigenvalue weighted by molar-refractivity contribution is 5.69. The van der Waals surface area contributed by atoms with Crippen LogP contribution in [0.1, 0.15) is 11.1 Å². The third-order valence-corrected chi connectivity index (χ3v) is 3.91. The first-order valence-corrected chi connectivity index (χ1v) is 7.87. The quantitative estimate of drug-likeness (QED) is 0.506. The number of benzene rings is 3. The van der Waals surface area contributed by atoms with E-state index in [1.165, 1.54) is 18.2 Å². The maximum Gasteiger partial charge on any atom is 0.269 e. The molecule has 5 heteroatoms. The average Bonchev–Trinajstić information content (AvgIpc) is 2.60. The second-order valence-electron chi connectivity index (χ2n) is 5.84. The van der Waals surface area contributed by atoms with Crippen LogP contribution in [-0.4, -0.2) is 4.92 Å². The summed E-state index contributed by atoms with van der Waals surface area (Å²) in [6, 6.07) is 18.9. The highest BCUT2D eigenvalue weighted by Gasteiger charge is 2.07. The first-order valence-electron chi connectivity index (χ1n) is 7.87. The Morgan fingerprint density at radius 1 is 1.04 bits per heavy atom. The fourth-order valence-electron chi connectivity index (χ4n) is 2.68. The summed E-state index contributed by atoms with van der Waals surface area (Å²) in [6.45, 7) is 2.49. The van der Waals surface area contributed by atoms with Crippen LogP contribution < -0.4 is 5.32 Å². The number of nitrogens with zero attached hydrogens (tertiary/aromatic N) is 1. The van der Waals surface area contributed by atoms with E-state index < -0.39 is 4.92 Å². The molecule has 126 valence electrons. The van der Waals surface area contributed by atoms with Crippen molar-refractivity contribution in [2.24, 2.45) is 0 Å². The molecule has 0 spiro atoms. The first-order chi connectivity index (χ1) is 12.0. The Bertz CT molecular complexity index is 908. The van der Waals surface area contributed by atoms with Gasteiger partial charge in [0.2, 0.25) is 0 Å². The van der Waals surface area contributed by atoms with Gasteiger partial charge in [-0.1, -0.05) is 36.4 Å². The molecule has 0 heterocycles. The van der Waals surface area contributed by atoms with E-state index in [9.17, 15) is 14.5 Å². The molecule has 0 radical (unpaired) electrons. The Morgan fingerprint density at radius 3 is 2.44 bits per heavy atom. The molecule has 0 unspecified atom stereocenters. The number of hydrogen-bond acceptors (Lipinski definition) is 3. The summed E-state index contributed by atoms with van der Waals surface area (Å²) < 4.78 is 14.0. The largest absolute Gasteiger partial charge is 0.381 e. The van der Waals surface area contributed by atoms with Gasteiger partial charge in [-0.25, -0.2) is 4.39 Å². The number of nitro groups is 1. The van der Waals surface area contributed by atoms with Gasteiger partial charge in [-0.3, -0.25) is 10.1 Å². The first kappa shape index (κ1) is 16.6. The van der Waals surface area contributed by atoms with Gasteiger partial charge < -0.3 is 5.32 Å². The molecule has 3 aromatic rings. The van der Waals surface area contributed by atoms with Crippen molar-refractivity contribution in [3.8, 4) is 11.1 Å². The van der Waals surface area contributed by atoms with E-state index in [4.69, 9.17) is 0 Å². The molecule has 0 aliphatic carbocycles. The Balaban J connectivity index is 1.79. The molecular formula is C20H17FN2O2. The van der Waals surface area contributed by atoms with Crippen LogP contribution in [0.3, 0.4) is 0 Å². The maximum atomic E-state index is 14.0. The topological polar surface area (TPSA) is 55.2 Å². The standard InChI is InChI=1S/C20H17FN2O2/c1-14-10-16(19-4-2-3-5-20(19)21)12-17(11-14)22-13-15-6-8-18(9-7-15)23(24)25/h2-12,22H,13H2,1H3. The van der Waals surface area contributed by atoms with Crippen LogP contribution in [-0.2, 0) is 6.54 Å². The smallest absolute Gasteiger partial charge is 0.269 e. The molecule has 3 aromatic carbocycles. The third-order valence-electron chi connectivity index (χ3n) is 3.91. The molecule has 0 atom stereocenters. The predicted molar refractivity (Wildman–Crippen MR) is 97.0 cm³/mol. The van der Waals surface area contributed by atoms with Crippen molar-refractivity contribution in [1.82, 2.24) is 0 Å². The van der Waals surface area contributed by atoms with Crippen molar-refractivity contribution in [1.29, 1.82) is 0 Å². The Hall–Kier alpha value is -3.21. The zero-order valence-corrected chi connectivity index (χ0v) is 13.7. The number of halogens is 1. The number of nitrogens with one attached hydrogen (secondary N) is 1. The molecule has 3 rings (SSSR count). The molecule has 0 amide bonds. The SMILES string of the molecule is Cc1cc(NCc2ccc([N+](=O)[O-])cc2)cc(-c2ccccc2F)c1. The third kappa shape index (κ3) is 4.01. The van der Waals surface area contributed by atoms with Gasteiger partial charge in [-0.15, -0.1) is 0 Å². The predicted octanol–water partition coefficient (Wildman–Crippen LogP) is 5.32. The van der Waals surface area contributed by atoms with Crippen LogP contribution >= 0.6 is 0 Å². The molecular weight excluding hydrogens is 319 g/mol. The Kier molecular flexibility index (Phi) is 4.75. The lowest BCUT2D eigenvalue weighted by Gasteiger charge is -2.11. The second-order valence-corrected chi connectivity index (χ2v) is 5.84. The van der Waals surface area contributed by atoms with E-state index >= 15 is 0 Å². The van der Waals surface area contributed by atoms with Gasteiger partial charge in [0.15, 0.2) is 0 Å². The van der Waals surface area contributed by atoms with Crippen LogP contribution in [0.25, 0.3) is 11.1 Å². The fraction of sp³-hybridized carbons (Fsp3) is 0.100. The molecule has 25 heavy (non-hydrogen) atoms. The lowest BCUT2D eigenvalue weighted by Crippen LogP contribution is -2.00. The van der Waals surface area contributed by atoms with Crippen LogP contribution in [0.5, 0.6) is 0 Å². The van der Waals surface area contributed by atoms with E-state index in [1.807, 2.05) is 31.2 Å². The molecule has 0 aliphatic rings. The van der Waals surface area contributed by atoms with Crippen LogP contribution in [0.4, 0.5) is 15.8 Å². The molecule has 0 saturated heterocycles. The van der Waals surface area contributed by atoms with Crippen molar-refractivity contribution >= 4 is 11.4 Å².